The first-order valence-electron chi connectivity index (χ1n) is 7.38. The molecule has 1 fully saturated rings. The van der Waals surface area contributed by atoms with Crippen LogP contribution in [0.1, 0.15) is 32.0 Å². The monoisotopic (exact) mass is 258 g/mol. The summed E-state index contributed by atoms with van der Waals surface area (Å²) in [5.74, 6) is 2.09. The van der Waals surface area contributed by atoms with Crippen LogP contribution in [0, 0.1) is 5.92 Å². The average molecular weight is 258 g/mol. The van der Waals surface area contributed by atoms with Crippen molar-refractivity contribution in [2.45, 2.75) is 39.2 Å². The molecule has 1 aliphatic heterocycles. The fraction of sp³-hybridized carbons (Fsp3) is 0.600. The molecule has 1 saturated heterocycles. The van der Waals surface area contributed by atoms with Gasteiger partial charge in [0.15, 0.2) is 0 Å². The Bertz CT molecular complexity index is 540. The third-order valence-corrected chi connectivity index (χ3v) is 4.18. The summed E-state index contributed by atoms with van der Waals surface area (Å²) in [6.07, 6.45) is 8.70. The molecule has 4 nitrogen and oxygen atoms in total. The highest BCUT2D eigenvalue weighted by molar-refractivity contribution is 5.74. The lowest BCUT2D eigenvalue weighted by Crippen LogP contribution is -2.28. The molecule has 1 aliphatic rings. The highest BCUT2D eigenvalue weighted by atomic mass is 15.1. The second-order valence-corrected chi connectivity index (χ2v) is 5.37. The molecule has 0 saturated carbocycles. The zero-order valence-electron chi connectivity index (χ0n) is 11.6. The van der Waals surface area contributed by atoms with Crippen LogP contribution in [0.25, 0.3) is 11.0 Å². The van der Waals surface area contributed by atoms with E-state index in [4.69, 9.17) is 4.98 Å². The molecule has 19 heavy (non-hydrogen) atoms. The van der Waals surface area contributed by atoms with Gasteiger partial charge < -0.3 is 9.88 Å². The maximum absolute atomic E-state index is 4.75. The van der Waals surface area contributed by atoms with Gasteiger partial charge in [-0.05, 0) is 51.3 Å². The van der Waals surface area contributed by atoms with Crippen LogP contribution < -0.4 is 5.32 Å². The Labute approximate surface area is 114 Å². The lowest BCUT2D eigenvalue weighted by molar-refractivity contribution is 0.351. The van der Waals surface area contributed by atoms with Gasteiger partial charge in [-0.25, -0.2) is 4.98 Å². The Hall–Kier alpha value is -1.42. The Balaban J connectivity index is 1.76. The molecule has 3 rings (SSSR count). The number of nitrogens with zero attached hydrogens (tertiary/aromatic N) is 3. The van der Waals surface area contributed by atoms with E-state index in [1.165, 1.54) is 43.7 Å². The van der Waals surface area contributed by atoms with E-state index in [1.807, 2.05) is 12.4 Å². The number of imidazole rings is 1. The maximum atomic E-state index is 4.75. The predicted molar refractivity (Wildman–Crippen MR) is 77.1 cm³/mol. The van der Waals surface area contributed by atoms with Crippen molar-refractivity contribution in [3.05, 3.63) is 24.3 Å². The minimum atomic E-state index is 0.865. The summed E-state index contributed by atoms with van der Waals surface area (Å²) in [7, 11) is 0. The number of nitrogens with one attached hydrogen (secondary N) is 1. The predicted octanol–water partition coefficient (Wildman–Crippen LogP) is 2.38. The highest BCUT2D eigenvalue weighted by Crippen LogP contribution is 2.21. The first-order valence-corrected chi connectivity index (χ1v) is 7.38. The van der Waals surface area contributed by atoms with Crippen LogP contribution in [-0.2, 0) is 13.0 Å². The van der Waals surface area contributed by atoms with E-state index < -0.39 is 0 Å². The first-order chi connectivity index (χ1) is 9.38. The number of pyridine rings is 1. The second kappa shape index (κ2) is 5.70. The van der Waals surface area contributed by atoms with E-state index in [2.05, 4.69) is 27.9 Å². The summed E-state index contributed by atoms with van der Waals surface area (Å²) in [6, 6.07) is 2.07. The maximum Gasteiger partial charge on any atom is 0.109 e. The van der Waals surface area contributed by atoms with E-state index >= 15 is 0 Å². The Morgan fingerprint density at radius 3 is 3.00 bits per heavy atom. The molecule has 102 valence electrons. The SMILES string of the molecule is CCn1c(CCC2CCNCC2)nc2cnccc21. The number of fused-ring (bicyclic) bond motifs is 1. The number of rotatable bonds is 4. The lowest BCUT2D eigenvalue weighted by atomic mass is 9.93. The first kappa shape index (κ1) is 12.6. The van der Waals surface area contributed by atoms with Crippen LogP contribution in [-0.4, -0.2) is 27.6 Å². The van der Waals surface area contributed by atoms with Crippen molar-refractivity contribution in [3.8, 4) is 0 Å². The Kier molecular flexibility index (Phi) is 3.78. The molecule has 4 heteroatoms. The van der Waals surface area contributed by atoms with Gasteiger partial charge in [0.2, 0.25) is 0 Å². The smallest absolute Gasteiger partial charge is 0.109 e. The van der Waals surface area contributed by atoms with E-state index in [-0.39, 0.29) is 0 Å². The van der Waals surface area contributed by atoms with Crippen LogP contribution in [0.4, 0.5) is 0 Å². The van der Waals surface area contributed by atoms with Gasteiger partial charge in [-0.3, -0.25) is 4.98 Å². The van der Waals surface area contributed by atoms with Gasteiger partial charge in [0.1, 0.15) is 11.3 Å². The molecule has 0 amide bonds. The minimum Gasteiger partial charge on any atom is -0.328 e. The quantitative estimate of drug-likeness (QED) is 0.915. The molecule has 1 N–H and O–H groups in total. The van der Waals surface area contributed by atoms with Crippen LogP contribution in [0.15, 0.2) is 18.5 Å². The summed E-state index contributed by atoms with van der Waals surface area (Å²) < 4.78 is 2.33. The topological polar surface area (TPSA) is 42.7 Å². The molecule has 2 aromatic rings. The van der Waals surface area contributed by atoms with Crippen molar-refractivity contribution < 1.29 is 0 Å². The van der Waals surface area contributed by atoms with Crippen LogP contribution >= 0.6 is 0 Å². The van der Waals surface area contributed by atoms with Gasteiger partial charge >= 0.3 is 0 Å². The second-order valence-electron chi connectivity index (χ2n) is 5.37. The van der Waals surface area contributed by atoms with Crippen molar-refractivity contribution in [2.75, 3.05) is 13.1 Å². The summed E-state index contributed by atoms with van der Waals surface area (Å²) in [6.45, 7) is 5.54. The summed E-state index contributed by atoms with van der Waals surface area (Å²) >= 11 is 0. The fourth-order valence-corrected chi connectivity index (χ4v) is 3.08. The van der Waals surface area contributed by atoms with Gasteiger partial charge in [0.25, 0.3) is 0 Å². The minimum absolute atomic E-state index is 0.865. The molecule has 3 heterocycles. The van der Waals surface area contributed by atoms with Crippen molar-refractivity contribution in [2.24, 2.45) is 5.92 Å². The normalized spacial score (nSPS) is 17.1. The Morgan fingerprint density at radius 2 is 2.21 bits per heavy atom. The average Bonchev–Trinajstić information content (AvgIpc) is 2.83. The number of hydrogen-bond acceptors (Lipinski definition) is 3. The molecule has 0 aliphatic carbocycles. The molecule has 0 bridgehead atoms. The number of hydrogen-bond donors (Lipinski definition) is 1. The molecule has 0 spiro atoms. The van der Waals surface area contributed by atoms with Gasteiger partial charge in [-0.15, -0.1) is 0 Å². The highest BCUT2D eigenvalue weighted by Gasteiger charge is 2.15. The van der Waals surface area contributed by atoms with E-state index in [1.54, 1.807) is 0 Å². The zero-order valence-corrected chi connectivity index (χ0v) is 11.6. The summed E-state index contributed by atoms with van der Waals surface area (Å²) in [4.78, 5) is 8.92. The third kappa shape index (κ3) is 2.63. The summed E-state index contributed by atoms with van der Waals surface area (Å²) in [5, 5.41) is 3.43. The molecule has 0 aromatic carbocycles. The fourth-order valence-electron chi connectivity index (χ4n) is 3.08. The third-order valence-electron chi connectivity index (χ3n) is 4.18. The number of piperidine rings is 1. The summed E-state index contributed by atoms with van der Waals surface area (Å²) in [5.41, 5.74) is 2.25. The molecular formula is C15H22N4. The van der Waals surface area contributed by atoms with Crippen LogP contribution in [0.3, 0.4) is 0 Å². The van der Waals surface area contributed by atoms with Gasteiger partial charge in [-0.2, -0.15) is 0 Å². The van der Waals surface area contributed by atoms with Crippen molar-refractivity contribution in [3.63, 3.8) is 0 Å². The number of aryl methyl sites for hydroxylation is 2. The van der Waals surface area contributed by atoms with Crippen molar-refractivity contribution >= 4 is 11.0 Å². The molecule has 2 aromatic heterocycles. The standard InChI is InChI=1S/C15H22N4/c1-2-19-14-7-10-17-11-13(14)18-15(19)4-3-12-5-8-16-9-6-12/h7,10-12,16H,2-6,8-9H2,1H3. The van der Waals surface area contributed by atoms with E-state index in [9.17, 15) is 0 Å². The van der Waals surface area contributed by atoms with Crippen molar-refractivity contribution in [1.29, 1.82) is 0 Å². The van der Waals surface area contributed by atoms with Gasteiger partial charge in [0, 0.05) is 19.2 Å². The van der Waals surface area contributed by atoms with Crippen molar-refractivity contribution in [1.82, 2.24) is 19.9 Å². The largest absolute Gasteiger partial charge is 0.328 e. The lowest BCUT2D eigenvalue weighted by Gasteiger charge is -2.22. The molecule has 0 atom stereocenters. The molecule has 0 radical (unpaired) electrons. The van der Waals surface area contributed by atoms with Gasteiger partial charge in [0.05, 0.1) is 11.7 Å². The zero-order chi connectivity index (χ0) is 13.1. The van der Waals surface area contributed by atoms with E-state index in [0.29, 0.717) is 0 Å². The van der Waals surface area contributed by atoms with Crippen LogP contribution in [0.2, 0.25) is 0 Å². The molecule has 0 unspecified atom stereocenters. The van der Waals surface area contributed by atoms with E-state index in [0.717, 1.165) is 24.4 Å². The van der Waals surface area contributed by atoms with Gasteiger partial charge in [-0.1, -0.05) is 0 Å². The van der Waals surface area contributed by atoms with Crippen LogP contribution in [0.5, 0.6) is 0 Å². The number of aromatic nitrogens is 3. The Morgan fingerprint density at radius 1 is 1.37 bits per heavy atom. The molecular weight excluding hydrogens is 236 g/mol.